The number of carbonyl (C=O) groups is 1. The maximum atomic E-state index is 12.1. The fourth-order valence-corrected chi connectivity index (χ4v) is 1.80. The predicted octanol–water partition coefficient (Wildman–Crippen LogP) is 1.71. The van der Waals surface area contributed by atoms with Crippen LogP contribution in [-0.4, -0.2) is 37.0 Å². The van der Waals surface area contributed by atoms with E-state index in [0.29, 0.717) is 6.04 Å². The summed E-state index contributed by atoms with van der Waals surface area (Å²) in [6, 6.07) is 8.26. The number of nitrogens with one attached hydrogen (secondary N) is 1. The van der Waals surface area contributed by atoms with E-state index in [4.69, 9.17) is 0 Å². The number of nitrogens with zero attached hydrogens (tertiary/aromatic N) is 1. The molecule has 0 unspecified atom stereocenters. The molecule has 4 heteroatoms. The fraction of sp³-hybridized carbons (Fsp3) is 0.462. The van der Waals surface area contributed by atoms with Crippen LogP contribution in [0.3, 0.4) is 0 Å². The maximum Gasteiger partial charge on any atom is 0.253 e. The van der Waals surface area contributed by atoms with Gasteiger partial charge in [0.15, 0.2) is 0 Å². The molecule has 0 radical (unpaired) electrons. The summed E-state index contributed by atoms with van der Waals surface area (Å²) >= 11 is 0. The smallest absolute Gasteiger partial charge is 0.253 e. The molecule has 1 heterocycles. The number of halogens is 1. The van der Waals surface area contributed by atoms with Gasteiger partial charge in [0.05, 0.1) is 6.04 Å². The number of aryl methyl sites for hydroxylation is 1. The number of hydrogen-bond acceptors (Lipinski definition) is 2. The molecular formula is C13H19ClN2O. The number of rotatable bonds is 3. The highest BCUT2D eigenvalue weighted by atomic mass is 35.5. The van der Waals surface area contributed by atoms with Crippen molar-refractivity contribution in [2.45, 2.75) is 19.4 Å². The minimum atomic E-state index is 0. The monoisotopic (exact) mass is 254 g/mol. The van der Waals surface area contributed by atoms with Crippen LogP contribution >= 0.6 is 12.4 Å². The number of likely N-dealkylation sites (N-methyl/N-ethyl adjacent to an activating group) is 1. The maximum absolute atomic E-state index is 12.1. The second-order valence-electron chi connectivity index (χ2n) is 4.28. The fourth-order valence-electron chi connectivity index (χ4n) is 1.80. The van der Waals surface area contributed by atoms with Gasteiger partial charge in [-0.05, 0) is 24.1 Å². The van der Waals surface area contributed by atoms with Gasteiger partial charge >= 0.3 is 0 Å². The second kappa shape index (κ2) is 6.03. The van der Waals surface area contributed by atoms with Crippen molar-refractivity contribution in [3.8, 4) is 0 Å². The van der Waals surface area contributed by atoms with Crippen molar-refractivity contribution in [1.29, 1.82) is 0 Å². The van der Waals surface area contributed by atoms with E-state index in [2.05, 4.69) is 12.2 Å². The molecule has 2 rings (SSSR count). The predicted molar refractivity (Wildman–Crippen MR) is 71.8 cm³/mol. The molecule has 1 N–H and O–H groups in total. The van der Waals surface area contributed by atoms with Gasteiger partial charge < -0.3 is 10.2 Å². The van der Waals surface area contributed by atoms with Crippen LogP contribution in [0.2, 0.25) is 0 Å². The van der Waals surface area contributed by atoms with Gasteiger partial charge in [0.1, 0.15) is 0 Å². The zero-order chi connectivity index (χ0) is 11.5. The summed E-state index contributed by atoms with van der Waals surface area (Å²) in [5, 5.41) is 3.17. The highest BCUT2D eigenvalue weighted by Crippen LogP contribution is 2.11. The van der Waals surface area contributed by atoms with E-state index in [9.17, 15) is 4.79 Å². The van der Waals surface area contributed by atoms with Gasteiger partial charge in [-0.2, -0.15) is 0 Å². The molecule has 1 saturated heterocycles. The van der Waals surface area contributed by atoms with Crippen molar-refractivity contribution in [2.24, 2.45) is 0 Å². The van der Waals surface area contributed by atoms with Crippen LogP contribution in [0.25, 0.3) is 0 Å². The van der Waals surface area contributed by atoms with Gasteiger partial charge in [0, 0.05) is 25.7 Å². The number of benzene rings is 1. The van der Waals surface area contributed by atoms with Crippen LogP contribution in [0.4, 0.5) is 0 Å². The average Bonchev–Trinajstić information content (AvgIpc) is 2.26. The van der Waals surface area contributed by atoms with Crippen molar-refractivity contribution in [3.05, 3.63) is 35.4 Å². The normalized spacial score (nSPS) is 14.7. The Kier molecular flexibility index (Phi) is 4.97. The molecule has 1 amide bonds. The molecule has 3 nitrogen and oxygen atoms in total. The third-order valence-corrected chi connectivity index (χ3v) is 3.24. The molecule has 0 aliphatic carbocycles. The Bertz CT molecular complexity index is 374. The van der Waals surface area contributed by atoms with E-state index in [0.717, 1.165) is 25.1 Å². The van der Waals surface area contributed by atoms with Gasteiger partial charge in [0.25, 0.3) is 5.91 Å². The standard InChI is InChI=1S/C13H18N2O.ClH/c1-3-10-4-6-11(7-5-10)13(16)15(2)12-8-14-9-12;/h4-7,12,14H,3,8-9H2,1-2H3;1H. The first kappa shape index (κ1) is 14.0. The number of carbonyl (C=O) groups excluding carboxylic acids is 1. The van der Waals surface area contributed by atoms with E-state index in [1.807, 2.05) is 36.2 Å². The van der Waals surface area contributed by atoms with Crippen molar-refractivity contribution >= 4 is 18.3 Å². The summed E-state index contributed by atoms with van der Waals surface area (Å²) in [5.74, 6) is 0.120. The van der Waals surface area contributed by atoms with Crippen molar-refractivity contribution in [1.82, 2.24) is 10.2 Å². The number of amides is 1. The quantitative estimate of drug-likeness (QED) is 0.891. The minimum Gasteiger partial charge on any atom is -0.336 e. The summed E-state index contributed by atoms with van der Waals surface area (Å²) in [6.07, 6.45) is 1.01. The number of hydrogen-bond donors (Lipinski definition) is 1. The second-order valence-corrected chi connectivity index (χ2v) is 4.28. The largest absolute Gasteiger partial charge is 0.336 e. The molecule has 1 aliphatic heterocycles. The Morgan fingerprint density at radius 1 is 1.35 bits per heavy atom. The molecular weight excluding hydrogens is 236 g/mol. The topological polar surface area (TPSA) is 32.3 Å². The molecule has 1 aliphatic rings. The highest BCUT2D eigenvalue weighted by Gasteiger charge is 2.25. The van der Waals surface area contributed by atoms with Crippen LogP contribution in [0, 0.1) is 0 Å². The molecule has 17 heavy (non-hydrogen) atoms. The van der Waals surface area contributed by atoms with Crippen LogP contribution < -0.4 is 5.32 Å². The minimum absolute atomic E-state index is 0. The summed E-state index contributed by atoms with van der Waals surface area (Å²) < 4.78 is 0. The van der Waals surface area contributed by atoms with Crippen molar-refractivity contribution < 1.29 is 4.79 Å². The van der Waals surface area contributed by atoms with Gasteiger partial charge in [0.2, 0.25) is 0 Å². The molecule has 1 fully saturated rings. The van der Waals surface area contributed by atoms with E-state index in [-0.39, 0.29) is 18.3 Å². The first-order valence-corrected chi connectivity index (χ1v) is 5.79. The third kappa shape index (κ3) is 2.99. The Morgan fingerprint density at radius 2 is 1.94 bits per heavy atom. The van der Waals surface area contributed by atoms with Crippen LogP contribution in [0.1, 0.15) is 22.8 Å². The lowest BCUT2D eigenvalue weighted by atomic mass is 10.1. The van der Waals surface area contributed by atoms with E-state index >= 15 is 0 Å². The van der Waals surface area contributed by atoms with Crippen LogP contribution in [0.5, 0.6) is 0 Å². The van der Waals surface area contributed by atoms with Gasteiger partial charge in [-0.25, -0.2) is 0 Å². The summed E-state index contributed by atoms with van der Waals surface area (Å²) in [4.78, 5) is 13.9. The lowest BCUT2D eigenvalue weighted by molar-refractivity contribution is 0.0681. The average molecular weight is 255 g/mol. The van der Waals surface area contributed by atoms with Crippen LogP contribution in [-0.2, 0) is 6.42 Å². The van der Waals surface area contributed by atoms with E-state index in [1.54, 1.807) is 0 Å². The first-order valence-electron chi connectivity index (χ1n) is 5.79. The molecule has 0 atom stereocenters. The zero-order valence-electron chi connectivity index (χ0n) is 10.3. The SMILES string of the molecule is CCc1ccc(C(=O)N(C)C2CNC2)cc1.Cl. The molecule has 1 aromatic rings. The molecule has 0 spiro atoms. The Hall–Kier alpha value is -1.06. The third-order valence-electron chi connectivity index (χ3n) is 3.24. The Morgan fingerprint density at radius 3 is 2.35 bits per heavy atom. The first-order chi connectivity index (χ1) is 7.72. The van der Waals surface area contributed by atoms with Crippen LogP contribution in [0.15, 0.2) is 24.3 Å². The van der Waals surface area contributed by atoms with Crippen molar-refractivity contribution in [2.75, 3.05) is 20.1 Å². The summed E-state index contributed by atoms with van der Waals surface area (Å²) in [6.45, 7) is 3.94. The Balaban J connectivity index is 0.00000144. The molecule has 0 saturated carbocycles. The van der Waals surface area contributed by atoms with E-state index in [1.165, 1.54) is 5.56 Å². The van der Waals surface area contributed by atoms with Crippen molar-refractivity contribution in [3.63, 3.8) is 0 Å². The molecule has 0 aromatic heterocycles. The molecule has 1 aromatic carbocycles. The van der Waals surface area contributed by atoms with Gasteiger partial charge in [-0.3, -0.25) is 4.79 Å². The molecule has 94 valence electrons. The van der Waals surface area contributed by atoms with E-state index < -0.39 is 0 Å². The lowest BCUT2D eigenvalue weighted by Crippen LogP contribution is -2.57. The Labute approximate surface area is 109 Å². The summed E-state index contributed by atoms with van der Waals surface area (Å²) in [7, 11) is 1.88. The van der Waals surface area contributed by atoms with Gasteiger partial charge in [-0.1, -0.05) is 19.1 Å². The lowest BCUT2D eigenvalue weighted by Gasteiger charge is -2.35. The molecule has 0 bridgehead atoms. The van der Waals surface area contributed by atoms with Gasteiger partial charge in [-0.15, -0.1) is 12.4 Å². The zero-order valence-corrected chi connectivity index (χ0v) is 11.1. The summed E-state index contributed by atoms with van der Waals surface area (Å²) in [5.41, 5.74) is 2.05. The highest BCUT2D eigenvalue weighted by molar-refractivity contribution is 5.94.